The summed E-state index contributed by atoms with van der Waals surface area (Å²) in [7, 11) is 1.79. The van der Waals surface area contributed by atoms with Gasteiger partial charge in [-0.05, 0) is 66.9 Å². The third-order valence-electron chi connectivity index (χ3n) is 8.50. The third kappa shape index (κ3) is 6.12. The summed E-state index contributed by atoms with van der Waals surface area (Å²) >= 11 is 0. The molecule has 1 aliphatic carbocycles. The Bertz CT molecular complexity index is 1120. The minimum atomic E-state index is -0.456. The fourth-order valence-electron chi connectivity index (χ4n) is 6.66. The van der Waals surface area contributed by atoms with E-state index in [9.17, 15) is 4.79 Å². The number of carbonyl (C=O) groups is 1. The normalized spacial score (nSPS) is 24.3. The van der Waals surface area contributed by atoms with Crippen molar-refractivity contribution in [1.82, 2.24) is 19.6 Å². The van der Waals surface area contributed by atoms with Crippen LogP contribution in [-0.4, -0.2) is 89.8 Å². The van der Waals surface area contributed by atoms with Crippen molar-refractivity contribution in [2.45, 2.75) is 78.5 Å². The molecule has 1 saturated carbocycles. The minimum absolute atomic E-state index is 0.193. The summed E-state index contributed by atoms with van der Waals surface area (Å²) in [5, 5.41) is 5.23. The number of anilines is 1. The van der Waals surface area contributed by atoms with Gasteiger partial charge in [0.15, 0.2) is 5.82 Å². The SMILES string of the molecule is C=C/C=C(\C=C/C)CN1CCN(c2nn(C3CC4(C3)CN(C(=O)OC(C)(C)C)C4)c(C)c2C)[C@@](C)(COC)C1. The van der Waals surface area contributed by atoms with Gasteiger partial charge >= 0.3 is 6.09 Å². The molecule has 4 rings (SSSR count). The van der Waals surface area contributed by atoms with E-state index in [2.05, 4.69) is 67.0 Å². The molecule has 0 aromatic carbocycles. The Morgan fingerprint density at radius 3 is 2.46 bits per heavy atom. The molecule has 216 valence electrons. The number of amides is 1. The fourth-order valence-corrected chi connectivity index (χ4v) is 6.66. The van der Waals surface area contributed by atoms with Gasteiger partial charge in [0.05, 0.1) is 18.2 Å². The number of ether oxygens (including phenoxy) is 2. The molecular weight excluding hydrogens is 490 g/mol. The zero-order valence-electron chi connectivity index (χ0n) is 25.4. The molecule has 2 aliphatic heterocycles. The predicted octanol–water partition coefficient (Wildman–Crippen LogP) is 5.29. The van der Waals surface area contributed by atoms with E-state index < -0.39 is 5.60 Å². The summed E-state index contributed by atoms with van der Waals surface area (Å²) in [4.78, 5) is 19.2. The Hall–Kier alpha value is -2.58. The summed E-state index contributed by atoms with van der Waals surface area (Å²) in [6.07, 6.45) is 10.1. The summed E-state index contributed by atoms with van der Waals surface area (Å²) in [5.41, 5.74) is 3.31. The molecule has 0 N–H and O–H groups in total. The molecule has 3 heterocycles. The lowest BCUT2D eigenvalue weighted by molar-refractivity contribution is -0.0931. The first-order valence-corrected chi connectivity index (χ1v) is 14.3. The number of piperazine rings is 1. The van der Waals surface area contributed by atoms with E-state index in [1.54, 1.807) is 7.11 Å². The fraction of sp³-hybridized carbons (Fsp3) is 0.677. The van der Waals surface area contributed by atoms with E-state index >= 15 is 0 Å². The molecular formula is C31H49N5O3. The molecule has 39 heavy (non-hydrogen) atoms. The lowest BCUT2D eigenvalue weighted by atomic mass is 9.61. The Labute approximate surface area is 235 Å². The predicted molar refractivity (Wildman–Crippen MR) is 157 cm³/mol. The second-order valence-electron chi connectivity index (χ2n) is 13.1. The highest BCUT2D eigenvalue weighted by atomic mass is 16.6. The van der Waals surface area contributed by atoms with Crippen molar-refractivity contribution in [2.75, 3.05) is 57.9 Å². The largest absolute Gasteiger partial charge is 0.444 e. The molecule has 8 nitrogen and oxygen atoms in total. The molecule has 2 saturated heterocycles. The zero-order valence-corrected chi connectivity index (χ0v) is 25.4. The molecule has 1 atom stereocenters. The zero-order chi connectivity index (χ0) is 28.6. The van der Waals surface area contributed by atoms with Crippen molar-refractivity contribution in [3.05, 3.63) is 47.7 Å². The first-order valence-electron chi connectivity index (χ1n) is 14.3. The maximum atomic E-state index is 12.4. The average molecular weight is 540 g/mol. The Morgan fingerprint density at radius 2 is 1.87 bits per heavy atom. The molecule has 0 bridgehead atoms. The van der Waals surface area contributed by atoms with E-state index in [0.717, 1.165) is 57.9 Å². The number of methoxy groups -OCH3 is 1. The number of carbonyl (C=O) groups excluding carboxylic acids is 1. The Morgan fingerprint density at radius 1 is 1.18 bits per heavy atom. The standard InChI is InChI=1S/C31H49N5O3/c1-10-12-25(13-11-2)18-33-14-15-35(30(8,19-33)22-38-9)27-23(3)24(4)36(32-27)26-16-31(17-26)20-34(21-31)28(37)39-29(5,6)7/h10-13,26H,1,14-22H2,2-9H3/b13-11-,25-12+/t30-/m1/s1. The highest BCUT2D eigenvalue weighted by molar-refractivity contribution is 5.69. The molecule has 1 aromatic rings. The van der Waals surface area contributed by atoms with Crippen LogP contribution in [0.2, 0.25) is 0 Å². The van der Waals surface area contributed by atoms with Crippen LogP contribution in [0.5, 0.6) is 0 Å². The van der Waals surface area contributed by atoms with E-state index in [-0.39, 0.29) is 17.0 Å². The molecule has 0 radical (unpaired) electrons. The molecule has 3 aliphatic rings. The van der Waals surface area contributed by atoms with Crippen LogP contribution < -0.4 is 4.90 Å². The van der Waals surface area contributed by atoms with Crippen LogP contribution in [-0.2, 0) is 9.47 Å². The van der Waals surface area contributed by atoms with Gasteiger partial charge in [-0.2, -0.15) is 5.10 Å². The van der Waals surface area contributed by atoms with Gasteiger partial charge in [0.25, 0.3) is 0 Å². The van der Waals surface area contributed by atoms with Gasteiger partial charge in [-0.1, -0.05) is 30.9 Å². The van der Waals surface area contributed by atoms with Gasteiger partial charge in [0, 0.05) is 63.1 Å². The maximum Gasteiger partial charge on any atom is 0.410 e. The number of allylic oxidation sites excluding steroid dienone is 3. The van der Waals surface area contributed by atoms with Crippen LogP contribution >= 0.6 is 0 Å². The van der Waals surface area contributed by atoms with Crippen LogP contribution in [0.3, 0.4) is 0 Å². The summed E-state index contributed by atoms with van der Waals surface area (Å²) in [5.74, 6) is 1.08. The highest BCUT2D eigenvalue weighted by Crippen LogP contribution is 2.54. The van der Waals surface area contributed by atoms with Gasteiger partial charge < -0.3 is 19.3 Å². The van der Waals surface area contributed by atoms with Crippen molar-refractivity contribution in [3.63, 3.8) is 0 Å². The monoisotopic (exact) mass is 539 g/mol. The molecule has 1 spiro atoms. The van der Waals surface area contributed by atoms with Gasteiger partial charge in [-0.3, -0.25) is 9.58 Å². The quantitative estimate of drug-likeness (QED) is 0.419. The van der Waals surface area contributed by atoms with E-state index in [0.29, 0.717) is 12.6 Å². The van der Waals surface area contributed by atoms with Gasteiger partial charge in [0.2, 0.25) is 0 Å². The van der Waals surface area contributed by atoms with Crippen LogP contribution in [0.15, 0.2) is 36.5 Å². The van der Waals surface area contributed by atoms with Crippen LogP contribution in [0.1, 0.15) is 64.8 Å². The maximum absolute atomic E-state index is 12.4. The molecule has 8 heteroatoms. The van der Waals surface area contributed by atoms with Crippen LogP contribution in [0.25, 0.3) is 0 Å². The van der Waals surface area contributed by atoms with Gasteiger partial charge in [0.1, 0.15) is 5.60 Å². The first kappa shape index (κ1) is 29.4. The molecule has 0 unspecified atom stereocenters. The van der Waals surface area contributed by atoms with Crippen molar-refractivity contribution >= 4 is 11.9 Å². The van der Waals surface area contributed by atoms with Crippen molar-refractivity contribution in [2.24, 2.45) is 5.41 Å². The lowest BCUT2D eigenvalue weighted by Gasteiger charge is -2.58. The number of aromatic nitrogens is 2. The van der Waals surface area contributed by atoms with Gasteiger partial charge in [-0.25, -0.2) is 4.79 Å². The van der Waals surface area contributed by atoms with Crippen molar-refractivity contribution < 1.29 is 14.3 Å². The van der Waals surface area contributed by atoms with Crippen LogP contribution in [0.4, 0.5) is 10.6 Å². The van der Waals surface area contributed by atoms with Crippen molar-refractivity contribution in [3.8, 4) is 0 Å². The number of hydrogen-bond acceptors (Lipinski definition) is 6. The third-order valence-corrected chi connectivity index (χ3v) is 8.50. The topological polar surface area (TPSA) is 63.1 Å². The number of nitrogens with zero attached hydrogens (tertiary/aromatic N) is 5. The van der Waals surface area contributed by atoms with E-state index in [1.165, 1.54) is 16.8 Å². The Balaban J connectivity index is 1.44. The van der Waals surface area contributed by atoms with E-state index in [4.69, 9.17) is 14.6 Å². The summed E-state index contributed by atoms with van der Waals surface area (Å²) in [6.45, 7) is 24.2. The summed E-state index contributed by atoms with van der Waals surface area (Å²) in [6, 6.07) is 0.376. The lowest BCUT2D eigenvalue weighted by Crippen LogP contribution is -2.64. The second-order valence-corrected chi connectivity index (χ2v) is 13.1. The Kier molecular flexibility index (Phi) is 8.39. The minimum Gasteiger partial charge on any atom is -0.444 e. The summed E-state index contributed by atoms with van der Waals surface area (Å²) < 4.78 is 13.6. The number of likely N-dealkylation sites (tertiary alicyclic amines) is 1. The van der Waals surface area contributed by atoms with Crippen LogP contribution in [0, 0.1) is 19.3 Å². The average Bonchev–Trinajstić information content (AvgIpc) is 3.05. The van der Waals surface area contributed by atoms with Gasteiger partial charge in [-0.15, -0.1) is 0 Å². The van der Waals surface area contributed by atoms with E-state index in [1.807, 2.05) is 31.7 Å². The molecule has 1 aromatic heterocycles. The highest BCUT2D eigenvalue weighted by Gasteiger charge is 2.55. The number of rotatable bonds is 8. The molecule has 1 amide bonds. The second kappa shape index (κ2) is 11.1. The number of hydrogen-bond donors (Lipinski definition) is 0. The first-order chi connectivity index (χ1) is 18.3. The van der Waals surface area contributed by atoms with Crippen molar-refractivity contribution in [1.29, 1.82) is 0 Å². The smallest absolute Gasteiger partial charge is 0.410 e. The molecule has 3 fully saturated rings.